The van der Waals surface area contributed by atoms with E-state index in [1.807, 2.05) is 0 Å². The van der Waals surface area contributed by atoms with Gasteiger partial charge in [-0.2, -0.15) is 0 Å². The Morgan fingerprint density at radius 3 is 2.53 bits per heavy atom. The summed E-state index contributed by atoms with van der Waals surface area (Å²) in [5.74, 6) is 0. The van der Waals surface area contributed by atoms with Crippen molar-refractivity contribution in [2.24, 2.45) is 0 Å². The van der Waals surface area contributed by atoms with E-state index in [-0.39, 0.29) is 0 Å². The van der Waals surface area contributed by atoms with Crippen molar-refractivity contribution >= 4 is 0 Å². The highest BCUT2D eigenvalue weighted by atomic mass is 15.2. The minimum Gasteiger partial charge on any atom is -0.313 e. The Kier molecular flexibility index (Phi) is 5.22. The predicted molar refractivity (Wildman–Crippen MR) is 72.4 cm³/mol. The molecule has 2 rings (SSSR count). The van der Waals surface area contributed by atoms with Crippen LogP contribution in [-0.2, 0) is 0 Å². The zero-order chi connectivity index (χ0) is 12.1. The van der Waals surface area contributed by atoms with Crippen LogP contribution in [0.5, 0.6) is 0 Å². The topological polar surface area (TPSA) is 39.3 Å². The fraction of sp³-hybridized carbons (Fsp3) is 1.00. The van der Waals surface area contributed by atoms with E-state index in [1.54, 1.807) is 0 Å². The second-order valence-electron chi connectivity index (χ2n) is 5.69. The molecular formula is C13H28N4. The van der Waals surface area contributed by atoms with Gasteiger partial charge in [-0.25, -0.2) is 0 Å². The maximum Gasteiger partial charge on any atom is 0.0167 e. The summed E-state index contributed by atoms with van der Waals surface area (Å²) >= 11 is 0. The first-order valence-electron chi connectivity index (χ1n) is 7.16. The Balaban J connectivity index is 1.98. The second kappa shape index (κ2) is 6.69. The van der Waals surface area contributed by atoms with Crippen LogP contribution in [-0.4, -0.2) is 62.3 Å². The molecule has 0 aromatic rings. The Hall–Kier alpha value is -0.160. The lowest BCUT2D eigenvalue weighted by Gasteiger charge is -2.29. The van der Waals surface area contributed by atoms with E-state index in [4.69, 9.17) is 0 Å². The molecule has 0 amide bonds. The van der Waals surface area contributed by atoms with Gasteiger partial charge < -0.3 is 20.9 Å². The highest BCUT2D eigenvalue weighted by molar-refractivity contribution is 4.81. The summed E-state index contributed by atoms with van der Waals surface area (Å²) in [5, 5.41) is 10.9. The van der Waals surface area contributed by atoms with E-state index in [0.29, 0.717) is 18.1 Å². The zero-order valence-electron chi connectivity index (χ0n) is 11.3. The molecular weight excluding hydrogens is 212 g/mol. The van der Waals surface area contributed by atoms with Crippen LogP contribution in [0.4, 0.5) is 0 Å². The van der Waals surface area contributed by atoms with Gasteiger partial charge in [-0.3, -0.25) is 0 Å². The first-order chi connectivity index (χ1) is 8.24. The summed E-state index contributed by atoms with van der Waals surface area (Å²) in [6.07, 6.45) is 2.54. The summed E-state index contributed by atoms with van der Waals surface area (Å²) in [4.78, 5) is 2.60. The SMILES string of the molecule is CC1CC2CCN(CCN1)CC(C)NCCN2. The number of hydrogen-bond acceptors (Lipinski definition) is 4. The fourth-order valence-corrected chi connectivity index (χ4v) is 2.96. The van der Waals surface area contributed by atoms with Crippen molar-refractivity contribution in [2.45, 2.75) is 44.8 Å². The average molecular weight is 240 g/mol. The zero-order valence-corrected chi connectivity index (χ0v) is 11.3. The van der Waals surface area contributed by atoms with Crippen molar-refractivity contribution in [1.29, 1.82) is 0 Å². The summed E-state index contributed by atoms with van der Waals surface area (Å²) in [7, 11) is 0. The first kappa shape index (κ1) is 13.3. The quantitative estimate of drug-likeness (QED) is 0.558. The Morgan fingerprint density at radius 2 is 1.65 bits per heavy atom. The molecule has 17 heavy (non-hydrogen) atoms. The summed E-state index contributed by atoms with van der Waals surface area (Å²) in [5.41, 5.74) is 0. The van der Waals surface area contributed by atoms with E-state index in [0.717, 1.165) is 19.6 Å². The Bertz CT molecular complexity index is 221. The van der Waals surface area contributed by atoms with Crippen molar-refractivity contribution < 1.29 is 0 Å². The summed E-state index contributed by atoms with van der Waals surface area (Å²) in [6.45, 7) is 11.5. The van der Waals surface area contributed by atoms with Crippen molar-refractivity contribution in [1.82, 2.24) is 20.9 Å². The Morgan fingerprint density at radius 1 is 0.882 bits per heavy atom. The van der Waals surface area contributed by atoms with Crippen LogP contribution >= 0.6 is 0 Å². The van der Waals surface area contributed by atoms with E-state index in [2.05, 4.69) is 34.7 Å². The normalized spacial score (nSPS) is 41.3. The third kappa shape index (κ3) is 4.54. The molecule has 0 aromatic heterocycles. The number of fused-ring (bicyclic) bond motifs is 3. The van der Waals surface area contributed by atoms with Crippen LogP contribution < -0.4 is 16.0 Å². The number of nitrogens with zero attached hydrogens (tertiary/aromatic N) is 1. The highest BCUT2D eigenvalue weighted by Crippen LogP contribution is 2.08. The lowest BCUT2D eigenvalue weighted by atomic mass is 10.0. The van der Waals surface area contributed by atoms with E-state index in [9.17, 15) is 0 Å². The van der Waals surface area contributed by atoms with Gasteiger partial charge in [-0.15, -0.1) is 0 Å². The molecule has 3 N–H and O–H groups in total. The van der Waals surface area contributed by atoms with Crippen LogP contribution in [0.25, 0.3) is 0 Å². The molecule has 2 saturated heterocycles. The smallest absolute Gasteiger partial charge is 0.0167 e. The molecule has 4 atom stereocenters. The van der Waals surface area contributed by atoms with Gasteiger partial charge in [0.1, 0.15) is 0 Å². The average Bonchev–Trinajstić information content (AvgIpc) is 2.37. The number of rotatable bonds is 0. The van der Waals surface area contributed by atoms with Crippen LogP contribution in [0.1, 0.15) is 26.7 Å². The molecule has 2 aliphatic heterocycles. The molecule has 4 heteroatoms. The maximum atomic E-state index is 3.69. The van der Waals surface area contributed by atoms with Crippen molar-refractivity contribution in [2.75, 3.05) is 39.3 Å². The fourth-order valence-electron chi connectivity index (χ4n) is 2.96. The molecule has 100 valence electrons. The van der Waals surface area contributed by atoms with Gasteiger partial charge in [-0.05, 0) is 33.2 Å². The van der Waals surface area contributed by atoms with Gasteiger partial charge in [0.05, 0.1) is 0 Å². The minimum absolute atomic E-state index is 0.603. The molecule has 0 aromatic carbocycles. The van der Waals surface area contributed by atoms with Gasteiger partial charge in [-0.1, -0.05) is 0 Å². The first-order valence-corrected chi connectivity index (χ1v) is 7.16. The number of nitrogens with one attached hydrogen (secondary N) is 3. The van der Waals surface area contributed by atoms with Gasteiger partial charge in [0.2, 0.25) is 0 Å². The monoisotopic (exact) mass is 240 g/mol. The van der Waals surface area contributed by atoms with Gasteiger partial charge in [0.15, 0.2) is 0 Å². The third-order valence-electron chi connectivity index (χ3n) is 3.94. The molecule has 2 aliphatic rings. The summed E-state index contributed by atoms with van der Waals surface area (Å²) in [6, 6.07) is 1.92. The molecule has 4 nitrogen and oxygen atoms in total. The molecule has 4 unspecified atom stereocenters. The van der Waals surface area contributed by atoms with Crippen molar-refractivity contribution in [3.8, 4) is 0 Å². The highest BCUT2D eigenvalue weighted by Gasteiger charge is 2.19. The molecule has 2 fully saturated rings. The van der Waals surface area contributed by atoms with Crippen LogP contribution in [0.15, 0.2) is 0 Å². The lowest BCUT2D eigenvalue weighted by Crippen LogP contribution is -2.47. The van der Waals surface area contributed by atoms with Crippen molar-refractivity contribution in [3.63, 3.8) is 0 Å². The van der Waals surface area contributed by atoms with Gasteiger partial charge >= 0.3 is 0 Å². The second-order valence-corrected chi connectivity index (χ2v) is 5.69. The van der Waals surface area contributed by atoms with Gasteiger partial charge in [0, 0.05) is 50.8 Å². The molecule has 0 saturated carbocycles. The molecule has 2 heterocycles. The maximum absolute atomic E-state index is 3.69. The van der Waals surface area contributed by atoms with E-state index in [1.165, 1.54) is 32.5 Å². The van der Waals surface area contributed by atoms with E-state index >= 15 is 0 Å². The largest absolute Gasteiger partial charge is 0.313 e. The molecule has 0 spiro atoms. The van der Waals surface area contributed by atoms with Crippen LogP contribution in [0.2, 0.25) is 0 Å². The van der Waals surface area contributed by atoms with Crippen molar-refractivity contribution in [3.05, 3.63) is 0 Å². The molecule has 0 aliphatic carbocycles. The standard InChI is InChI=1S/C13H28N4/c1-11-9-13-3-7-17(8-6-15-11)10-12(2)14-4-5-16-13/h11-16H,3-10H2,1-2H3. The van der Waals surface area contributed by atoms with Crippen LogP contribution in [0.3, 0.4) is 0 Å². The van der Waals surface area contributed by atoms with Crippen LogP contribution in [0, 0.1) is 0 Å². The third-order valence-corrected chi connectivity index (χ3v) is 3.94. The molecule has 0 radical (unpaired) electrons. The van der Waals surface area contributed by atoms with Gasteiger partial charge in [0.25, 0.3) is 0 Å². The molecule has 2 bridgehead atoms. The lowest BCUT2D eigenvalue weighted by molar-refractivity contribution is 0.233. The predicted octanol–water partition coefficient (Wildman–Crippen LogP) is 0.0102. The number of hydrogen-bond donors (Lipinski definition) is 3. The summed E-state index contributed by atoms with van der Waals surface area (Å²) < 4.78 is 0. The minimum atomic E-state index is 0.603. The Labute approximate surface area is 106 Å². The van der Waals surface area contributed by atoms with E-state index < -0.39 is 0 Å².